The molecule has 1 aliphatic heterocycles. The van der Waals surface area contributed by atoms with E-state index < -0.39 is 5.97 Å². The highest BCUT2D eigenvalue weighted by molar-refractivity contribution is 5.78. The van der Waals surface area contributed by atoms with Crippen molar-refractivity contribution in [1.82, 2.24) is 9.80 Å². The Bertz CT molecular complexity index is 334. The van der Waals surface area contributed by atoms with Crippen molar-refractivity contribution in [3.8, 4) is 0 Å². The van der Waals surface area contributed by atoms with Crippen molar-refractivity contribution in [3.63, 3.8) is 0 Å². The zero-order chi connectivity index (χ0) is 14.4. The van der Waals surface area contributed by atoms with Gasteiger partial charge in [0.2, 0.25) is 5.91 Å². The van der Waals surface area contributed by atoms with Gasteiger partial charge in [0.25, 0.3) is 0 Å². The smallest absolute Gasteiger partial charge is 0.304 e. The Labute approximate surface area is 120 Å². The molecule has 1 N–H and O–H groups in total. The molecule has 0 aromatic rings. The number of rotatable bonds is 6. The summed E-state index contributed by atoms with van der Waals surface area (Å²) in [6.45, 7) is 2.64. The molecular formula is C15H26N2O3. The summed E-state index contributed by atoms with van der Waals surface area (Å²) in [4.78, 5) is 27.2. The third-order valence-electron chi connectivity index (χ3n) is 4.50. The first kappa shape index (κ1) is 15.3. The van der Waals surface area contributed by atoms with Crippen LogP contribution in [0.2, 0.25) is 0 Å². The van der Waals surface area contributed by atoms with E-state index in [4.69, 9.17) is 5.11 Å². The van der Waals surface area contributed by atoms with Crippen LogP contribution >= 0.6 is 0 Å². The highest BCUT2D eigenvalue weighted by Crippen LogP contribution is 2.24. The highest BCUT2D eigenvalue weighted by Gasteiger charge is 2.26. The number of nitrogens with zero attached hydrogens (tertiary/aromatic N) is 2. The van der Waals surface area contributed by atoms with Crippen LogP contribution in [0, 0.1) is 0 Å². The van der Waals surface area contributed by atoms with E-state index in [-0.39, 0.29) is 12.3 Å². The molecule has 0 spiro atoms. The van der Waals surface area contributed by atoms with E-state index in [2.05, 4.69) is 4.90 Å². The number of hydrogen-bond acceptors (Lipinski definition) is 3. The Balaban J connectivity index is 1.87. The van der Waals surface area contributed by atoms with Crippen molar-refractivity contribution in [1.29, 1.82) is 0 Å². The molecular weight excluding hydrogens is 256 g/mol. The molecule has 1 heterocycles. The Morgan fingerprint density at radius 1 is 1.05 bits per heavy atom. The third kappa shape index (κ3) is 4.47. The Hall–Kier alpha value is -1.10. The summed E-state index contributed by atoms with van der Waals surface area (Å²) >= 11 is 0. The first-order valence-corrected chi connectivity index (χ1v) is 7.90. The maximum Gasteiger partial charge on any atom is 0.304 e. The minimum absolute atomic E-state index is 0.129. The van der Waals surface area contributed by atoms with Crippen molar-refractivity contribution in [3.05, 3.63) is 0 Å². The monoisotopic (exact) mass is 282 g/mol. The fraction of sp³-hybridized carbons (Fsp3) is 0.867. The summed E-state index contributed by atoms with van der Waals surface area (Å²) < 4.78 is 0. The van der Waals surface area contributed by atoms with Gasteiger partial charge >= 0.3 is 5.97 Å². The summed E-state index contributed by atoms with van der Waals surface area (Å²) in [7, 11) is 0. The van der Waals surface area contributed by atoms with Crippen LogP contribution < -0.4 is 0 Å². The van der Waals surface area contributed by atoms with Gasteiger partial charge in [0.1, 0.15) is 0 Å². The van der Waals surface area contributed by atoms with E-state index in [1.54, 1.807) is 0 Å². The van der Waals surface area contributed by atoms with Crippen LogP contribution in [0.1, 0.15) is 51.4 Å². The molecule has 2 aliphatic rings. The fourth-order valence-electron chi connectivity index (χ4n) is 3.32. The maximum atomic E-state index is 12.3. The van der Waals surface area contributed by atoms with E-state index in [0.717, 1.165) is 38.8 Å². The van der Waals surface area contributed by atoms with Gasteiger partial charge in [-0.1, -0.05) is 12.8 Å². The van der Waals surface area contributed by atoms with Crippen LogP contribution in [0.25, 0.3) is 0 Å². The summed E-state index contributed by atoms with van der Waals surface area (Å²) in [5.41, 5.74) is 0. The number of hydrogen-bond donors (Lipinski definition) is 1. The lowest BCUT2D eigenvalue weighted by Crippen LogP contribution is -2.46. The lowest BCUT2D eigenvalue weighted by atomic mass is 10.1. The predicted octanol–water partition coefficient (Wildman–Crippen LogP) is 1.72. The average Bonchev–Trinajstić information content (AvgIpc) is 2.98. The van der Waals surface area contributed by atoms with Gasteiger partial charge in [-0.2, -0.15) is 0 Å². The SMILES string of the molecule is O=C(O)CCN(CC(=O)N1CCCCC1)C1CCCC1. The minimum atomic E-state index is -0.779. The summed E-state index contributed by atoms with van der Waals surface area (Å²) in [5.74, 6) is -0.597. The standard InChI is InChI=1S/C15H26N2O3/c18-14(16-9-4-1-5-10-16)12-17(11-8-15(19)20)13-6-2-3-7-13/h13H,1-12H2,(H,19,20). The van der Waals surface area contributed by atoms with Gasteiger partial charge in [0.15, 0.2) is 0 Å². The Kier molecular flexibility index (Phi) is 5.83. The molecule has 0 aromatic heterocycles. The number of carbonyl (C=O) groups is 2. The van der Waals surface area contributed by atoms with E-state index in [1.807, 2.05) is 4.90 Å². The maximum absolute atomic E-state index is 12.3. The van der Waals surface area contributed by atoms with Crippen molar-refractivity contribution in [2.24, 2.45) is 0 Å². The molecule has 1 saturated heterocycles. The average molecular weight is 282 g/mol. The van der Waals surface area contributed by atoms with Gasteiger partial charge in [0.05, 0.1) is 13.0 Å². The molecule has 0 unspecified atom stereocenters. The van der Waals surface area contributed by atoms with Crippen LogP contribution in [0.4, 0.5) is 0 Å². The van der Waals surface area contributed by atoms with Crippen LogP contribution in [-0.4, -0.2) is 59.0 Å². The summed E-state index contributed by atoms with van der Waals surface area (Å²) in [6.07, 6.45) is 8.16. The molecule has 0 aromatic carbocycles. The van der Waals surface area contributed by atoms with Crippen molar-refractivity contribution in [2.75, 3.05) is 26.2 Å². The molecule has 1 saturated carbocycles. The molecule has 2 rings (SSSR count). The van der Waals surface area contributed by atoms with Crippen LogP contribution in [0.15, 0.2) is 0 Å². The van der Waals surface area contributed by atoms with Gasteiger partial charge in [-0.3, -0.25) is 14.5 Å². The Morgan fingerprint density at radius 2 is 1.70 bits per heavy atom. The molecule has 20 heavy (non-hydrogen) atoms. The zero-order valence-corrected chi connectivity index (χ0v) is 12.2. The second-order valence-corrected chi connectivity index (χ2v) is 5.99. The van der Waals surface area contributed by atoms with Crippen LogP contribution in [0.3, 0.4) is 0 Å². The van der Waals surface area contributed by atoms with Gasteiger partial charge in [-0.15, -0.1) is 0 Å². The van der Waals surface area contributed by atoms with E-state index >= 15 is 0 Å². The quantitative estimate of drug-likeness (QED) is 0.806. The van der Waals surface area contributed by atoms with Gasteiger partial charge < -0.3 is 10.0 Å². The molecule has 114 valence electrons. The number of aliphatic carboxylic acids is 1. The summed E-state index contributed by atoms with van der Waals surface area (Å²) in [6, 6.07) is 0.406. The molecule has 1 amide bonds. The summed E-state index contributed by atoms with van der Waals surface area (Å²) in [5, 5.41) is 8.87. The largest absolute Gasteiger partial charge is 0.481 e. The molecule has 1 aliphatic carbocycles. The first-order chi connectivity index (χ1) is 9.66. The number of carboxylic acid groups (broad SMARTS) is 1. The second-order valence-electron chi connectivity index (χ2n) is 5.99. The normalized spacial score (nSPS) is 20.6. The molecule has 0 radical (unpaired) electrons. The van der Waals surface area contributed by atoms with Crippen molar-refractivity contribution in [2.45, 2.75) is 57.4 Å². The number of amides is 1. The minimum Gasteiger partial charge on any atom is -0.481 e. The van der Waals surface area contributed by atoms with Crippen LogP contribution in [0.5, 0.6) is 0 Å². The first-order valence-electron chi connectivity index (χ1n) is 7.90. The van der Waals surface area contributed by atoms with E-state index in [1.165, 1.54) is 19.3 Å². The molecule has 0 atom stereocenters. The zero-order valence-electron chi connectivity index (χ0n) is 12.2. The second kappa shape index (κ2) is 7.62. The fourth-order valence-corrected chi connectivity index (χ4v) is 3.32. The van der Waals surface area contributed by atoms with E-state index in [9.17, 15) is 9.59 Å². The molecule has 5 nitrogen and oxygen atoms in total. The highest BCUT2D eigenvalue weighted by atomic mass is 16.4. The number of piperidine rings is 1. The molecule has 5 heteroatoms. The number of carbonyl (C=O) groups excluding carboxylic acids is 1. The molecule has 0 bridgehead atoms. The topological polar surface area (TPSA) is 60.9 Å². The lowest BCUT2D eigenvalue weighted by Gasteiger charge is -2.32. The van der Waals surface area contributed by atoms with Crippen LogP contribution in [-0.2, 0) is 9.59 Å². The van der Waals surface area contributed by atoms with Crippen molar-refractivity contribution >= 4 is 11.9 Å². The lowest BCUT2D eigenvalue weighted by molar-refractivity contribution is -0.139. The predicted molar refractivity (Wildman–Crippen MR) is 76.5 cm³/mol. The Morgan fingerprint density at radius 3 is 2.30 bits per heavy atom. The van der Waals surface area contributed by atoms with E-state index in [0.29, 0.717) is 19.1 Å². The molecule has 2 fully saturated rings. The number of likely N-dealkylation sites (tertiary alicyclic amines) is 1. The van der Waals surface area contributed by atoms with Crippen molar-refractivity contribution < 1.29 is 14.7 Å². The van der Waals surface area contributed by atoms with Gasteiger partial charge in [-0.05, 0) is 32.1 Å². The van der Waals surface area contributed by atoms with Gasteiger partial charge in [0, 0.05) is 25.7 Å². The number of carboxylic acids is 1. The third-order valence-corrected chi connectivity index (χ3v) is 4.50. The van der Waals surface area contributed by atoms with Gasteiger partial charge in [-0.25, -0.2) is 0 Å².